The molecule has 40 valence electrons. The molecular weight excluding hydrogens is 112 g/mol. The lowest BCUT2D eigenvalue weighted by atomic mass is 11.8. The second kappa shape index (κ2) is 18.3. The number of hydrogen-bond donors (Lipinski definition) is 0. The third-order valence-corrected chi connectivity index (χ3v) is 0. The molecule has 4 heteroatoms. The van der Waals surface area contributed by atoms with Crippen LogP contribution in [0.2, 0.25) is 0 Å². The van der Waals surface area contributed by atoms with E-state index in [0.29, 0.717) is 0 Å². The van der Waals surface area contributed by atoms with Gasteiger partial charge < -0.3 is 8.85 Å². The van der Waals surface area contributed by atoms with Crippen LogP contribution in [0.3, 0.4) is 0 Å². The molecule has 0 radical (unpaired) electrons. The summed E-state index contributed by atoms with van der Waals surface area (Å²) < 4.78 is 8.78. The maximum atomic E-state index is 4.39. The maximum absolute atomic E-state index is 4.39. The highest BCUT2D eigenvalue weighted by Gasteiger charge is 1.27. The summed E-state index contributed by atoms with van der Waals surface area (Å²) >= 11 is 0. The van der Waals surface area contributed by atoms with Gasteiger partial charge in [-0.2, -0.15) is 0 Å². The van der Waals surface area contributed by atoms with Gasteiger partial charge in [0.25, 0.3) is 0 Å². The molecule has 0 aliphatic rings. The van der Waals surface area contributed by atoms with Crippen molar-refractivity contribution in [2.75, 3.05) is 14.2 Å². The van der Waals surface area contributed by atoms with Gasteiger partial charge >= 0.3 is 0 Å². The van der Waals surface area contributed by atoms with Gasteiger partial charge in [0.1, 0.15) is 21.0 Å². The Morgan fingerprint density at radius 1 is 1.00 bits per heavy atom. The summed E-state index contributed by atoms with van der Waals surface area (Å²) in [7, 11) is 5.11. The molecule has 0 N–H and O–H groups in total. The summed E-state index contributed by atoms with van der Waals surface area (Å²) in [6.07, 6.45) is 0. The Bertz CT molecular complexity index is 11.5. The van der Waals surface area contributed by atoms with E-state index in [1.807, 2.05) is 0 Å². The molecule has 0 unspecified atom stereocenters. The van der Waals surface area contributed by atoms with Crippen molar-refractivity contribution in [3.63, 3.8) is 0 Å². The summed E-state index contributed by atoms with van der Waals surface area (Å²) in [6.45, 7) is 0. The first kappa shape index (κ1) is 9.61. The van der Waals surface area contributed by atoms with E-state index in [1.54, 1.807) is 14.2 Å². The Hall–Kier alpha value is 0.354. The van der Waals surface area contributed by atoms with Gasteiger partial charge in [0.2, 0.25) is 0 Å². The molecule has 0 spiro atoms. The first-order valence-electron chi connectivity index (χ1n) is 1.63. The van der Waals surface area contributed by atoms with E-state index in [2.05, 4.69) is 8.85 Å². The standard InChI is InChI=1S/2CH6OSi/c2*1-2-3/h2*1,3H3. The van der Waals surface area contributed by atoms with Crippen LogP contribution in [0, 0.1) is 0 Å². The van der Waals surface area contributed by atoms with Crippen LogP contribution < -0.4 is 0 Å². The number of rotatable bonds is 0. The van der Waals surface area contributed by atoms with Crippen LogP contribution in [0.5, 0.6) is 0 Å². The van der Waals surface area contributed by atoms with Crippen molar-refractivity contribution >= 4 is 21.0 Å². The summed E-state index contributed by atoms with van der Waals surface area (Å²) in [5.74, 6) is 0. The summed E-state index contributed by atoms with van der Waals surface area (Å²) in [5, 5.41) is 0. The molecule has 6 heavy (non-hydrogen) atoms. The summed E-state index contributed by atoms with van der Waals surface area (Å²) in [6, 6.07) is 0. The van der Waals surface area contributed by atoms with Crippen LogP contribution >= 0.6 is 0 Å². The maximum Gasteiger partial charge on any atom is 0.145 e. The van der Waals surface area contributed by atoms with E-state index < -0.39 is 0 Å². The Morgan fingerprint density at radius 3 is 1.00 bits per heavy atom. The molecule has 2 nitrogen and oxygen atoms in total. The van der Waals surface area contributed by atoms with E-state index in [-0.39, 0.29) is 0 Å². The lowest BCUT2D eigenvalue weighted by molar-refractivity contribution is 0.460. The second-order valence-electron chi connectivity index (χ2n) is 0.816. The van der Waals surface area contributed by atoms with E-state index >= 15 is 0 Å². The quantitative estimate of drug-likeness (QED) is 0.342. The van der Waals surface area contributed by atoms with Crippen molar-refractivity contribution in [1.82, 2.24) is 0 Å². The average Bonchev–Trinajstić information content (AvgIpc) is 1.39. The van der Waals surface area contributed by atoms with Gasteiger partial charge in [0.15, 0.2) is 0 Å². The number of hydrogen-bond acceptors (Lipinski definition) is 2. The van der Waals surface area contributed by atoms with E-state index in [4.69, 9.17) is 0 Å². The SMILES string of the molecule is CO[SiH3].CO[SiH3]. The van der Waals surface area contributed by atoms with Crippen LogP contribution in [0.1, 0.15) is 0 Å². The van der Waals surface area contributed by atoms with E-state index in [0.717, 1.165) is 21.0 Å². The Labute approximate surface area is 44.9 Å². The molecule has 0 rings (SSSR count). The first-order chi connectivity index (χ1) is 2.83. The zero-order chi connectivity index (χ0) is 5.41. The van der Waals surface area contributed by atoms with Crippen LogP contribution in [0.25, 0.3) is 0 Å². The van der Waals surface area contributed by atoms with Crippen molar-refractivity contribution in [3.8, 4) is 0 Å². The minimum atomic E-state index is 0.869. The van der Waals surface area contributed by atoms with Crippen LogP contribution in [-0.4, -0.2) is 35.2 Å². The van der Waals surface area contributed by atoms with Crippen LogP contribution in [0.15, 0.2) is 0 Å². The lowest BCUT2D eigenvalue weighted by Crippen LogP contribution is -1.60. The monoisotopic (exact) mass is 124 g/mol. The topological polar surface area (TPSA) is 18.5 Å². The average molecular weight is 124 g/mol. The summed E-state index contributed by atoms with van der Waals surface area (Å²) in [4.78, 5) is 0. The minimum absolute atomic E-state index is 0.869. The molecule has 0 atom stereocenters. The molecule has 0 amide bonds. The molecule has 0 saturated heterocycles. The molecule has 0 saturated carbocycles. The van der Waals surface area contributed by atoms with E-state index in [1.165, 1.54) is 0 Å². The molecular formula is C2H12O2Si2. The predicted molar refractivity (Wildman–Crippen MR) is 33.9 cm³/mol. The molecule has 0 aliphatic heterocycles. The van der Waals surface area contributed by atoms with Crippen molar-refractivity contribution in [2.24, 2.45) is 0 Å². The van der Waals surface area contributed by atoms with Gasteiger partial charge in [0.05, 0.1) is 0 Å². The molecule has 0 aromatic rings. The third-order valence-electron chi connectivity index (χ3n) is 0. The van der Waals surface area contributed by atoms with Gasteiger partial charge in [-0.1, -0.05) is 0 Å². The zero-order valence-corrected chi connectivity index (χ0v) is 8.82. The van der Waals surface area contributed by atoms with Crippen LogP contribution in [0.4, 0.5) is 0 Å². The van der Waals surface area contributed by atoms with Gasteiger partial charge in [-0.05, 0) is 0 Å². The van der Waals surface area contributed by atoms with Gasteiger partial charge in [-0.3, -0.25) is 0 Å². The highest BCUT2D eigenvalue weighted by Crippen LogP contribution is 1.24. The normalized spacial score (nSPS) is 7.00. The molecule has 0 fully saturated rings. The van der Waals surface area contributed by atoms with Crippen LogP contribution in [-0.2, 0) is 8.85 Å². The third kappa shape index (κ3) is 391. The fourth-order valence-electron chi connectivity index (χ4n) is 0. The van der Waals surface area contributed by atoms with Gasteiger partial charge in [-0.15, -0.1) is 0 Å². The highest BCUT2D eigenvalue weighted by molar-refractivity contribution is 5.97. The van der Waals surface area contributed by atoms with Gasteiger partial charge in [0, 0.05) is 14.2 Å². The van der Waals surface area contributed by atoms with Crippen molar-refractivity contribution in [1.29, 1.82) is 0 Å². The van der Waals surface area contributed by atoms with Crippen molar-refractivity contribution in [3.05, 3.63) is 0 Å². The van der Waals surface area contributed by atoms with Gasteiger partial charge in [-0.25, -0.2) is 0 Å². The first-order valence-corrected chi connectivity index (χ1v) is 3.27. The largest absolute Gasteiger partial charge is 0.431 e. The fraction of sp³-hybridized carbons (Fsp3) is 1.00. The lowest BCUT2D eigenvalue weighted by Gasteiger charge is -1.61. The Balaban J connectivity index is 0. The van der Waals surface area contributed by atoms with E-state index in [9.17, 15) is 0 Å². The fourth-order valence-corrected chi connectivity index (χ4v) is 0. The van der Waals surface area contributed by atoms with Crippen molar-refractivity contribution < 1.29 is 8.85 Å². The smallest absolute Gasteiger partial charge is 0.145 e. The highest BCUT2D eigenvalue weighted by atomic mass is 28.2. The Morgan fingerprint density at radius 2 is 1.00 bits per heavy atom. The zero-order valence-electron chi connectivity index (χ0n) is 4.82. The molecule has 0 aromatic carbocycles. The molecule has 0 heterocycles. The minimum Gasteiger partial charge on any atom is -0.431 e. The second-order valence-corrected chi connectivity index (χ2v) is 2.45. The van der Waals surface area contributed by atoms with Crippen molar-refractivity contribution in [2.45, 2.75) is 0 Å². The molecule has 0 aliphatic carbocycles. The Kier molecular flexibility index (Phi) is 29.3. The molecule has 0 bridgehead atoms. The molecule has 0 aromatic heterocycles. The summed E-state index contributed by atoms with van der Waals surface area (Å²) in [5.41, 5.74) is 0. The predicted octanol–water partition coefficient (Wildman–Crippen LogP) is -2.17.